The van der Waals surface area contributed by atoms with Gasteiger partial charge in [0.05, 0.1) is 5.75 Å². The molecule has 8 nitrogen and oxygen atoms in total. The van der Waals surface area contributed by atoms with Gasteiger partial charge in [-0.1, -0.05) is 30.0 Å². The molecule has 2 amide bonds. The van der Waals surface area contributed by atoms with Crippen molar-refractivity contribution in [1.29, 1.82) is 0 Å². The number of carbonyl (C=O) groups excluding carboxylic acids is 2. The molecule has 0 spiro atoms. The fraction of sp³-hybridized carbons (Fsp3) is 0.211. The molecule has 0 unspecified atom stereocenters. The molecule has 0 fully saturated rings. The van der Waals surface area contributed by atoms with E-state index >= 15 is 0 Å². The minimum Gasteiger partial charge on any atom is -0.325 e. The van der Waals surface area contributed by atoms with Crippen molar-refractivity contribution < 1.29 is 9.59 Å². The van der Waals surface area contributed by atoms with Gasteiger partial charge in [0.15, 0.2) is 0 Å². The number of tetrazole rings is 1. The molecular weight excluding hydrogens is 376 g/mol. The Balaban J connectivity index is 1.37. The van der Waals surface area contributed by atoms with E-state index in [2.05, 4.69) is 26.9 Å². The summed E-state index contributed by atoms with van der Waals surface area (Å²) < 4.78 is 1.51. The lowest BCUT2D eigenvalue weighted by Gasteiger charge is -2.17. The Morgan fingerprint density at radius 2 is 1.93 bits per heavy atom. The molecule has 2 heterocycles. The average Bonchev–Trinajstić information content (AvgIpc) is 3.32. The van der Waals surface area contributed by atoms with E-state index in [0.717, 1.165) is 12.1 Å². The lowest BCUT2D eigenvalue weighted by atomic mass is 10.1. The third-order valence-corrected chi connectivity index (χ3v) is 5.47. The summed E-state index contributed by atoms with van der Waals surface area (Å²) in [4.78, 5) is 26.7. The first-order valence-corrected chi connectivity index (χ1v) is 9.75. The fourth-order valence-corrected chi connectivity index (χ4v) is 3.72. The summed E-state index contributed by atoms with van der Waals surface area (Å²) in [5.74, 6) is -0.00636. The van der Waals surface area contributed by atoms with Crippen molar-refractivity contribution in [1.82, 2.24) is 20.2 Å². The van der Waals surface area contributed by atoms with Gasteiger partial charge in [-0.2, -0.15) is 0 Å². The first-order valence-electron chi connectivity index (χ1n) is 8.76. The summed E-state index contributed by atoms with van der Waals surface area (Å²) >= 11 is 1.25. The van der Waals surface area contributed by atoms with Gasteiger partial charge in [0, 0.05) is 30.5 Å². The summed E-state index contributed by atoms with van der Waals surface area (Å²) in [6, 6.07) is 14.9. The van der Waals surface area contributed by atoms with Crippen molar-refractivity contribution in [2.24, 2.45) is 7.05 Å². The molecule has 0 saturated carbocycles. The average molecular weight is 394 g/mol. The van der Waals surface area contributed by atoms with Crippen LogP contribution in [0.4, 0.5) is 11.4 Å². The second-order valence-corrected chi connectivity index (χ2v) is 7.28. The summed E-state index contributed by atoms with van der Waals surface area (Å²) in [5, 5.41) is 14.5. The topological polar surface area (TPSA) is 93.0 Å². The summed E-state index contributed by atoms with van der Waals surface area (Å²) in [5.41, 5.74) is 3.39. The molecule has 1 N–H and O–H groups in total. The molecule has 0 bridgehead atoms. The zero-order chi connectivity index (χ0) is 19.5. The Bertz CT molecular complexity index is 1020. The second kappa shape index (κ2) is 7.81. The first-order chi connectivity index (χ1) is 13.6. The lowest BCUT2D eigenvalue weighted by molar-refractivity contribution is -0.113. The number of aromatic nitrogens is 4. The standard InChI is InChI=1S/C19H18N6O2S/c1-24-19(21-22-23-24)28-12-17(26)20-15-8-6-14(7-9-15)18(27)25-11-10-13-4-2-3-5-16(13)25/h2-9H,10-12H2,1H3,(H,20,26). The number of thioether (sulfide) groups is 1. The highest BCUT2D eigenvalue weighted by Gasteiger charge is 2.25. The molecule has 1 aliphatic rings. The van der Waals surface area contributed by atoms with Crippen LogP contribution in [-0.2, 0) is 18.3 Å². The van der Waals surface area contributed by atoms with E-state index in [4.69, 9.17) is 0 Å². The minimum atomic E-state index is -0.166. The predicted octanol–water partition coefficient (Wildman–Crippen LogP) is 2.14. The van der Waals surface area contributed by atoms with E-state index in [1.165, 1.54) is 22.0 Å². The number of nitrogens with zero attached hydrogens (tertiary/aromatic N) is 5. The number of para-hydroxylation sites is 1. The van der Waals surface area contributed by atoms with Crippen LogP contribution in [0.1, 0.15) is 15.9 Å². The Labute approximate surface area is 165 Å². The lowest BCUT2D eigenvalue weighted by Crippen LogP contribution is -2.28. The molecule has 2 aromatic carbocycles. The van der Waals surface area contributed by atoms with E-state index < -0.39 is 0 Å². The van der Waals surface area contributed by atoms with Gasteiger partial charge in [0.1, 0.15) is 0 Å². The smallest absolute Gasteiger partial charge is 0.258 e. The number of carbonyl (C=O) groups is 2. The van der Waals surface area contributed by atoms with Crippen LogP contribution < -0.4 is 10.2 Å². The van der Waals surface area contributed by atoms with Gasteiger partial charge in [-0.15, -0.1) is 5.10 Å². The van der Waals surface area contributed by atoms with E-state index in [-0.39, 0.29) is 17.6 Å². The van der Waals surface area contributed by atoms with E-state index in [1.807, 2.05) is 18.2 Å². The maximum Gasteiger partial charge on any atom is 0.258 e. The number of hydrogen-bond acceptors (Lipinski definition) is 6. The molecule has 0 saturated heterocycles. The van der Waals surface area contributed by atoms with Crippen LogP contribution in [0.3, 0.4) is 0 Å². The third-order valence-electron chi connectivity index (χ3n) is 4.46. The molecule has 9 heteroatoms. The molecule has 4 rings (SSSR count). The van der Waals surface area contributed by atoms with Crippen molar-refractivity contribution >= 4 is 35.0 Å². The zero-order valence-corrected chi connectivity index (χ0v) is 16.0. The fourth-order valence-electron chi connectivity index (χ4n) is 3.07. The molecule has 28 heavy (non-hydrogen) atoms. The zero-order valence-electron chi connectivity index (χ0n) is 15.2. The Morgan fingerprint density at radius 1 is 1.14 bits per heavy atom. The van der Waals surface area contributed by atoms with Crippen molar-refractivity contribution in [2.45, 2.75) is 11.6 Å². The maximum atomic E-state index is 12.8. The second-order valence-electron chi connectivity index (χ2n) is 6.33. The normalized spacial score (nSPS) is 12.7. The van der Waals surface area contributed by atoms with Crippen molar-refractivity contribution in [3.05, 3.63) is 59.7 Å². The van der Waals surface area contributed by atoms with E-state index in [1.54, 1.807) is 36.2 Å². The van der Waals surface area contributed by atoms with Crippen LogP contribution >= 0.6 is 11.8 Å². The van der Waals surface area contributed by atoms with Crippen LogP contribution in [0.5, 0.6) is 0 Å². The Hall–Kier alpha value is -3.20. The minimum absolute atomic E-state index is 0.0341. The van der Waals surface area contributed by atoms with Crippen molar-refractivity contribution in [3.8, 4) is 0 Å². The van der Waals surface area contributed by atoms with E-state index in [9.17, 15) is 9.59 Å². The monoisotopic (exact) mass is 394 g/mol. The molecule has 0 aliphatic carbocycles. The predicted molar refractivity (Wildman–Crippen MR) is 106 cm³/mol. The van der Waals surface area contributed by atoms with E-state index in [0.29, 0.717) is 23.0 Å². The molecule has 1 aromatic heterocycles. The van der Waals surface area contributed by atoms with Gasteiger partial charge in [-0.25, -0.2) is 4.68 Å². The summed E-state index contributed by atoms with van der Waals surface area (Å²) in [6.45, 7) is 0.685. The molecule has 3 aromatic rings. The van der Waals surface area contributed by atoms with Crippen LogP contribution in [0, 0.1) is 0 Å². The quantitative estimate of drug-likeness (QED) is 0.667. The number of aryl methyl sites for hydroxylation is 1. The molecule has 1 aliphatic heterocycles. The molecule has 0 atom stereocenters. The maximum absolute atomic E-state index is 12.8. The number of fused-ring (bicyclic) bond motifs is 1. The summed E-state index contributed by atoms with van der Waals surface area (Å²) in [7, 11) is 1.72. The van der Waals surface area contributed by atoms with Gasteiger partial charge >= 0.3 is 0 Å². The number of rotatable bonds is 5. The highest BCUT2D eigenvalue weighted by atomic mass is 32.2. The first kappa shape index (κ1) is 18.2. The Kier molecular flexibility index (Phi) is 5.07. The van der Waals surface area contributed by atoms with Crippen LogP contribution in [-0.4, -0.2) is 44.3 Å². The van der Waals surface area contributed by atoms with Crippen molar-refractivity contribution in [3.63, 3.8) is 0 Å². The van der Waals surface area contributed by atoms with Crippen LogP contribution in [0.25, 0.3) is 0 Å². The molecule has 0 radical (unpaired) electrons. The highest BCUT2D eigenvalue weighted by Crippen LogP contribution is 2.29. The molecular formula is C19H18N6O2S. The van der Waals surface area contributed by atoms with Gasteiger partial charge in [-0.05, 0) is 52.7 Å². The molecule has 142 valence electrons. The van der Waals surface area contributed by atoms with Crippen LogP contribution in [0.2, 0.25) is 0 Å². The Morgan fingerprint density at radius 3 is 2.68 bits per heavy atom. The SMILES string of the molecule is Cn1nnnc1SCC(=O)Nc1ccc(C(=O)N2CCc3ccccc32)cc1. The number of nitrogens with one attached hydrogen (secondary N) is 1. The van der Waals surface area contributed by atoms with Gasteiger partial charge in [-0.3, -0.25) is 9.59 Å². The van der Waals surface area contributed by atoms with Gasteiger partial charge < -0.3 is 10.2 Å². The third kappa shape index (κ3) is 3.74. The van der Waals surface area contributed by atoms with Crippen LogP contribution in [0.15, 0.2) is 53.7 Å². The number of benzene rings is 2. The summed E-state index contributed by atoms with van der Waals surface area (Å²) in [6.07, 6.45) is 0.870. The van der Waals surface area contributed by atoms with Gasteiger partial charge in [0.25, 0.3) is 5.91 Å². The highest BCUT2D eigenvalue weighted by molar-refractivity contribution is 7.99. The number of amides is 2. The van der Waals surface area contributed by atoms with Crippen molar-refractivity contribution in [2.75, 3.05) is 22.5 Å². The van der Waals surface area contributed by atoms with Gasteiger partial charge in [0.2, 0.25) is 11.1 Å². The number of anilines is 2. The largest absolute Gasteiger partial charge is 0.325 e. The number of hydrogen-bond donors (Lipinski definition) is 1.